The summed E-state index contributed by atoms with van der Waals surface area (Å²) < 4.78 is 19.6. The zero-order valence-electron chi connectivity index (χ0n) is 11.2. The number of hydrogen-bond acceptors (Lipinski definition) is 4. The highest BCUT2D eigenvalue weighted by molar-refractivity contribution is 6.07. The number of anilines is 2. The van der Waals surface area contributed by atoms with Gasteiger partial charge in [-0.05, 0) is 19.1 Å². The van der Waals surface area contributed by atoms with Gasteiger partial charge >= 0.3 is 0 Å². The molecule has 20 heavy (non-hydrogen) atoms. The molecule has 1 aromatic heterocycles. The predicted octanol–water partition coefficient (Wildman–Crippen LogP) is 1.89. The molecule has 0 fully saturated rings. The quantitative estimate of drug-likeness (QED) is 0.894. The number of aryl methyl sites for hydroxylation is 1. The number of methoxy groups -OCH3 is 1. The Balaban J connectivity index is 2.30. The van der Waals surface area contributed by atoms with Crippen LogP contribution in [0.5, 0.6) is 5.75 Å². The Kier molecular flexibility index (Phi) is 3.88. The molecule has 0 aliphatic carbocycles. The highest BCUT2D eigenvalue weighted by atomic mass is 19.1. The highest BCUT2D eigenvalue weighted by Crippen LogP contribution is 2.26. The molecule has 1 heterocycles. The molecule has 0 saturated heterocycles. The summed E-state index contributed by atoms with van der Waals surface area (Å²) in [7, 11) is 1.40. The molecule has 106 valence electrons. The Morgan fingerprint density at radius 3 is 2.95 bits per heavy atom. The number of nitrogen functional groups attached to an aromatic ring is 1. The van der Waals surface area contributed by atoms with E-state index in [1.54, 1.807) is 0 Å². The van der Waals surface area contributed by atoms with Crippen LogP contribution in [0.3, 0.4) is 0 Å². The summed E-state index contributed by atoms with van der Waals surface area (Å²) in [5.74, 6) is -0.635. The lowest BCUT2D eigenvalue weighted by molar-refractivity contribution is 0.101. The molecule has 1 aromatic carbocycles. The van der Waals surface area contributed by atoms with Crippen LogP contribution in [0.25, 0.3) is 0 Å². The molecule has 0 atom stereocenters. The summed E-state index contributed by atoms with van der Waals surface area (Å²) in [6, 6.07) is 3.85. The lowest BCUT2D eigenvalue weighted by Crippen LogP contribution is -2.19. The number of rotatable bonds is 4. The average molecular weight is 278 g/mol. The second-order valence-corrected chi connectivity index (χ2v) is 4.06. The van der Waals surface area contributed by atoms with Gasteiger partial charge in [-0.3, -0.25) is 9.48 Å². The topological polar surface area (TPSA) is 82.2 Å². The van der Waals surface area contributed by atoms with E-state index in [4.69, 9.17) is 10.5 Å². The summed E-state index contributed by atoms with van der Waals surface area (Å²) in [4.78, 5) is 12.2. The first-order valence-corrected chi connectivity index (χ1v) is 6.03. The van der Waals surface area contributed by atoms with Gasteiger partial charge in [-0.2, -0.15) is 5.10 Å². The van der Waals surface area contributed by atoms with E-state index < -0.39 is 11.7 Å². The van der Waals surface area contributed by atoms with Gasteiger partial charge in [0.1, 0.15) is 17.3 Å². The molecule has 2 aromatic rings. The minimum atomic E-state index is -0.446. The molecule has 0 radical (unpaired) electrons. The molecular weight excluding hydrogens is 263 g/mol. The second kappa shape index (κ2) is 5.60. The summed E-state index contributed by atoms with van der Waals surface area (Å²) in [5, 5.41) is 6.63. The molecule has 0 unspecified atom stereocenters. The van der Waals surface area contributed by atoms with Crippen molar-refractivity contribution >= 4 is 17.3 Å². The third-order valence-corrected chi connectivity index (χ3v) is 2.79. The number of hydrogen-bond donors (Lipinski definition) is 2. The monoisotopic (exact) mass is 278 g/mol. The van der Waals surface area contributed by atoms with Crippen molar-refractivity contribution in [1.82, 2.24) is 9.78 Å². The summed E-state index contributed by atoms with van der Waals surface area (Å²) in [6.07, 6.45) is 1.42. The van der Waals surface area contributed by atoms with Gasteiger partial charge in [0.05, 0.1) is 24.7 Å². The summed E-state index contributed by atoms with van der Waals surface area (Å²) in [6.45, 7) is 2.36. The molecule has 7 heteroatoms. The number of halogens is 1. The van der Waals surface area contributed by atoms with Crippen LogP contribution in [-0.4, -0.2) is 22.8 Å². The zero-order chi connectivity index (χ0) is 14.7. The standard InChI is InChI=1S/C13H15FN4O2/c1-3-18-12(9(15)7-16-18)13(19)17-10-5-4-8(14)6-11(10)20-2/h4-7H,3,15H2,1-2H3,(H,17,19). The van der Waals surface area contributed by atoms with E-state index in [1.165, 1.54) is 36.2 Å². The van der Waals surface area contributed by atoms with Crippen LogP contribution in [0.1, 0.15) is 17.4 Å². The van der Waals surface area contributed by atoms with Crippen molar-refractivity contribution in [3.63, 3.8) is 0 Å². The first kappa shape index (κ1) is 13.9. The van der Waals surface area contributed by atoms with Crippen LogP contribution in [0, 0.1) is 5.82 Å². The van der Waals surface area contributed by atoms with Crippen molar-refractivity contribution < 1.29 is 13.9 Å². The van der Waals surface area contributed by atoms with Gasteiger partial charge in [0.25, 0.3) is 5.91 Å². The first-order chi connectivity index (χ1) is 9.56. The predicted molar refractivity (Wildman–Crippen MR) is 73.2 cm³/mol. The van der Waals surface area contributed by atoms with Gasteiger partial charge in [-0.25, -0.2) is 4.39 Å². The van der Waals surface area contributed by atoms with E-state index in [0.29, 0.717) is 12.2 Å². The molecule has 0 aliphatic rings. The van der Waals surface area contributed by atoms with Crippen molar-refractivity contribution in [3.8, 4) is 5.75 Å². The molecule has 3 N–H and O–H groups in total. The first-order valence-electron chi connectivity index (χ1n) is 6.03. The molecule has 1 amide bonds. The Hall–Kier alpha value is -2.57. The van der Waals surface area contributed by atoms with Gasteiger partial charge in [-0.15, -0.1) is 0 Å². The number of amides is 1. The smallest absolute Gasteiger partial charge is 0.276 e. The SMILES string of the molecule is CCn1ncc(N)c1C(=O)Nc1ccc(F)cc1OC. The Labute approximate surface area is 115 Å². The number of nitrogens with zero attached hydrogens (tertiary/aromatic N) is 2. The maximum Gasteiger partial charge on any atom is 0.276 e. The third-order valence-electron chi connectivity index (χ3n) is 2.79. The van der Waals surface area contributed by atoms with Crippen molar-refractivity contribution in [2.45, 2.75) is 13.5 Å². The van der Waals surface area contributed by atoms with Gasteiger partial charge in [0.2, 0.25) is 0 Å². The Morgan fingerprint density at radius 2 is 2.30 bits per heavy atom. The van der Waals surface area contributed by atoms with Gasteiger partial charge in [-0.1, -0.05) is 0 Å². The summed E-state index contributed by atoms with van der Waals surface area (Å²) >= 11 is 0. The van der Waals surface area contributed by atoms with Crippen LogP contribution in [-0.2, 0) is 6.54 Å². The fourth-order valence-electron chi connectivity index (χ4n) is 1.84. The normalized spacial score (nSPS) is 10.3. The summed E-state index contributed by atoms with van der Waals surface area (Å²) in [5.41, 5.74) is 6.64. The Bertz CT molecular complexity index is 639. The number of nitrogens with two attached hydrogens (primary N) is 1. The van der Waals surface area contributed by atoms with Crippen LogP contribution < -0.4 is 15.8 Å². The van der Waals surface area contributed by atoms with Gasteiger partial charge in [0.15, 0.2) is 0 Å². The molecule has 6 nitrogen and oxygen atoms in total. The number of benzene rings is 1. The lowest BCUT2D eigenvalue weighted by atomic mass is 10.2. The largest absolute Gasteiger partial charge is 0.494 e. The number of carbonyl (C=O) groups excluding carboxylic acids is 1. The maximum absolute atomic E-state index is 13.1. The number of carbonyl (C=O) groups is 1. The zero-order valence-corrected chi connectivity index (χ0v) is 11.2. The third kappa shape index (κ3) is 2.56. The van der Waals surface area contributed by atoms with Crippen molar-refractivity contribution in [2.24, 2.45) is 0 Å². The van der Waals surface area contributed by atoms with Crippen molar-refractivity contribution in [2.75, 3.05) is 18.2 Å². The van der Waals surface area contributed by atoms with E-state index in [0.717, 1.165) is 0 Å². The van der Waals surface area contributed by atoms with Crippen LogP contribution in [0.4, 0.5) is 15.8 Å². The van der Waals surface area contributed by atoms with Crippen LogP contribution >= 0.6 is 0 Å². The van der Waals surface area contributed by atoms with E-state index in [9.17, 15) is 9.18 Å². The second-order valence-electron chi connectivity index (χ2n) is 4.06. The highest BCUT2D eigenvalue weighted by Gasteiger charge is 2.17. The van der Waals surface area contributed by atoms with E-state index in [2.05, 4.69) is 10.4 Å². The fourth-order valence-corrected chi connectivity index (χ4v) is 1.84. The van der Waals surface area contributed by atoms with Gasteiger partial charge < -0.3 is 15.8 Å². The number of aromatic nitrogens is 2. The van der Waals surface area contributed by atoms with E-state index >= 15 is 0 Å². The molecule has 2 rings (SSSR count). The molecule has 0 aliphatic heterocycles. The average Bonchev–Trinajstić information content (AvgIpc) is 2.81. The van der Waals surface area contributed by atoms with Crippen LogP contribution in [0.2, 0.25) is 0 Å². The van der Waals surface area contributed by atoms with Crippen molar-refractivity contribution in [1.29, 1.82) is 0 Å². The minimum Gasteiger partial charge on any atom is -0.494 e. The lowest BCUT2D eigenvalue weighted by Gasteiger charge is -2.11. The van der Waals surface area contributed by atoms with Crippen molar-refractivity contribution in [3.05, 3.63) is 35.9 Å². The molecule has 0 bridgehead atoms. The van der Waals surface area contributed by atoms with Gasteiger partial charge in [0, 0.05) is 12.6 Å². The van der Waals surface area contributed by atoms with E-state index in [1.807, 2.05) is 6.92 Å². The molecule has 0 spiro atoms. The Morgan fingerprint density at radius 1 is 1.55 bits per heavy atom. The van der Waals surface area contributed by atoms with E-state index in [-0.39, 0.29) is 17.1 Å². The fraction of sp³-hybridized carbons (Fsp3) is 0.231. The number of nitrogens with one attached hydrogen (secondary N) is 1. The maximum atomic E-state index is 13.1. The minimum absolute atomic E-state index is 0.236. The molecular formula is C13H15FN4O2. The number of ether oxygens (including phenoxy) is 1. The van der Waals surface area contributed by atoms with Crippen LogP contribution in [0.15, 0.2) is 24.4 Å². The molecule has 0 saturated carbocycles.